The van der Waals surface area contributed by atoms with E-state index in [1.807, 2.05) is 18.2 Å². The smallest absolute Gasteiger partial charge is 0.147 e. The van der Waals surface area contributed by atoms with Crippen LogP contribution in [0.15, 0.2) is 41.1 Å². The van der Waals surface area contributed by atoms with Crippen molar-refractivity contribution in [3.8, 4) is 0 Å². The van der Waals surface area contributed by atoms with Crippen LogP contribution in [0, 0.1) is 0 Å². The molecule has 0 spiro atoms. The van der Waals surface area contributed by atoms with Crippen molar-refractivity contribution >= 4 is 33.2 Å². The summed E-state index contributed by atoms with van der Waals surface area (Å²) < 4.78 is 0.966. The van der Waals surface area contributed by atoms with E-state index in [0.717, 1.165) is 16.0 Å². The molecule has 2 rings (SSSR count). The van der Waals surface area contributed by atoms with Gasteiger partial charge in [-0.2, -0.15) is 0 Å². The number of rotatable bonds is 3. The summed E-state index contributed by atoms with van der Waals surface area (Å²) in [5.74, 6) is 0.745. The molecule has 0 bridgehead atoms. The molecule has 82 valence electrons. The van der Waals surface area contributed by atoms with Crippen molar-refractivity contribution < 1.29 is 0 Å². The zero-order valence-corrected chi connectivity index (χ0v) is 10.7. The van der Waals surface area contributed by atoms with E-state index in [4.69, 9.17) is 11.6 Å². The van der Waals surface area contributed by atoms with Gasteiger partial charge >= 0.3 is 0 Å². The normalized spacial score (nSPS) is 10.1. The van der Waals surface area contributed by atoms with Crippen molar-refractivity contribution in [3.05, 3.63) is 52.0 Å². The lowest BCUT2D eigenvalue weighted by atomic mass is 10.3. The van der Waals surface area contributed by atoms with E-state index in [1.165, 1.54) is 0 Å². The number of hydrogen-bond donors (Lipinski definition) is 1. The van der Waals surface area contributed by atoms with Crippen LogP contribution in [0.25, 0.3) is 0 Å². The summed E-state index contributed by atoms with van der Waals surface area (Å²) in [7, 11) is 0. The first-order valence-corrected chi connectivity index (χ1v) is 5.87. The molecule has 1 aromatic carbocycles. The van der Waals surface area contributed by atoms with E-state index in [9.17, 15) is 0 Å². The minimum atomic E-state index is 0.569. The molecule has 2 aromatic rings. The Hall–Kier alpha value is -1.13. The second-order valence-electron chi connectivity index (χ2n) is 3.14. The minimum absolute atomic E-state index is 0.569. The molecular weight excluding hydrogens is 289 g/mol. The van der Waals surface area contributed by atoms with Crippen LogP contribution in [0.1, 0.15) is 5.82 Å². The van der Waals surface area contributed by atoms with Gasteiger partial charge in [0.25, 0.3) is 0 Å². The molecule has 0 saturated carbocycles. The Balaban J connectivity index is 2.08. The van der Waals surface area contributed by atoms with Gasteiger partial charge in [0.2, 0.25) is 0 Å². The van der Waals surface area contributed by atoms with Gasteiger partial charge in [0, 0.05) is 21.9 Å². The Morgan fingerprint density at radius 2 is 2.00 bits per heavy atom. The number of halogens is 2. The molecule has 0 aliphatic heterocycles. The van der Waals surface area contributed by atoms with Crippen molar-refractivity contribution in [2.24, 2.45) is 0 Å². The third-order valence-electron chi connectivity index (χ3n) is 1.98. The third kappa shape index (κ3) is 2.93. The van der Waals surface area contributed by atoms with E-state index in [1.54, 1.807) is 18.5 Å². The highest BCUT2D eigenvalue weighted by atomic mass is 79.9. The average molecular weight is 299 g/mol. The van der Waals surface area contributed by atoms with Gasteiger partial charge in [-0.1, -0.05) is 11.6 Å². The fourth-order valence-electron chi connectivity index (χ4n) is 1.23. The molecule has 0 atom stereocenters. The highest BCUT2D eigenvalue weighted by molar-refractivity contribution is 9.10. The van der Waals surface area contributed by atoms with Crippen molar-refractivity contribution in [2.45, 2.75) is 6.54 Å². The standard InChI is InChI=1S/C11H9BrClN3/c12-9-3-2-8(13)6-10(9)16-7-11-14-4-1-5-15-11/h1-6,16H,7H2. The third-order valence-corrected chi connectivity index (χ3v) is 2.91. The van der Waals surface area contributed by atoms with E-state index < -0.39 is 0 Å². The SMILES string of the molecule is Clc1ccc(Br)c(NCc2ncccn2)c1. The zero-order chi connectivity index (χ0) is 11.4. The minimum Gasteiger partial charge on any atom is -0.377 e. The van der Waals surface area contributed by atoms with Crippen molar-refractivity contribution in [2.75, 3.05) is 5.32 Å². The topological polar surface area (TPSA) is 37.8 Å². The quantitative estimate of drug-likeness (QED) is 0.942. The van der Waals surface area contributed by atoms with E-state index >= 15 is 0 Å². The maximum Gasteiger partial charge on any atom is 0.147 e. The van der Waals surface area contributed by atoms with Gasteiger partial charge in [-0.3, -0.25) is 0 Å². The van der Waals surface area contributed by atoms with Crippen LogP contribution in [0.4, 0.5) is 5.69 Å². The zero-order valence-electron chi connectivity index (χ0n) is 8.32. The van der Waals surface area contributed by atoms with Crippen LogP contribution < -0.4 is 5.32 Å². The highest BCUT2D eigenvalue weighted by Crippen LogP contribution is 2.25. The van der Waals surface area contributed by atoms with Crippen LogP contribution in [0.2, 0.25) is 5.02 Å². The number of nitrogens with one attached hydrogen (secondary N) is 1. The lowest BCUT2D eigenvalue weighted by molar-refractivity contribution is 0.947. The van der Waals surface area contributed by atoms with Gasteiger partial charge < -0.3 is 5.32 Å². The lowest BCUT2D eigenvalue weighted by Gasteiger charge is -2.07. The number of nitrogens with zero attached hydrogens (tertiary/aromatic N) is 2. The molecule has 1 heterocycles. The number of benzene rings is 1. The molecule has 0 aliphatic carbocycles. The van der Waals surface area contributed by atoms with Crippen molar-refractivity contribution in [1.29, 1.82) is 0 Å². The van der Waals surface area contributed by atoms with Crippen molar-refractivity contribution in [1.82, 2.24) is 9.97 Å². The Morgan fingerprint density at radius 3 is 2.75 bits per heavy atom. The molecule has 0 radical (unpaired) electrons. The van der Waals surface area contributed by atoms with Gasteiger partial charge in [-0.15, -0.1) is 0 Å². The van der Waals surface area contributed by atoms with E-state index in [-0.39, 0.29) is 0 Å². The average Bonchev–Trinajstić information content (AvgIpc) is 2.32. The van der Waals surface area contributed by atoms with Crippen molar-refractivity contribution in [3.63, 3.8) is 0 Å². The Morgan fingerprint density at radius 1 is 1.25 bits per heavy atom. The van der Waals surface area contributed by atoms with Crippen LogP contribution in [-0.2, 0) is 6.54 Å². The summed E-state index contributed by atoms with van der Waals surface area (Å²) in [4.78, 5) is 8.25. The Kier molecular flexibility index (Phi) is 3.74. The molecule has 3 nitrogen and oxygen atoms in total. The molecule has 0 aliphatic rings. The van der Waals surface area contributed by atoms with Gasteiger partial charge in [-0.25, -0.2) is 9.97 Å². The molecular formula is C11H9BrClN3. The summed E-state index contributed by atoms with van der Waals surface area (Å²) in [5.41, 5.74) is 0.931. The molecule has 0 amide bonds. The van der Waals surface area contributed by atoms with Crippen LogP contribution in [0.3, 0.4) is 0 Å². The maximum absolute atomic E-state index is 5.91. The van der Waals surface area contributed by atoms with Crippen LogP contribution >= 0.6 is 27.5 Å². The van der Waals surface area contributed by atoms with Gasteiger partial charge in [0.1, 0.15) is 5.82 Å². The van der Waals surface area contributed by atoms with Gasteiger partial charge in [-0.05, 0) is 40.2 Å². The Bertz CT molecular complexity index is 476. The monoisotopic (exact) mass is 297 g/mol. The fourth-order valence-corrected chi connectivity index (χ4v) is 1.79. The molecule has 5 heteroatoms. The predicted molar refractivity (Wildman–Crippen MR) is 68.5 cm³/mol. The van der Waals surface area contributed by atoms with Gasteiger partial charge in [0.05, 0.1) is 12.2 Å². The first kappa shape index (κ1) is 11.4. The predicted octanol–water partition coefficient (Wildman–Crippen LogP) is 3.50. The largest absolute Gasteiger partial charge is 0.377 e. The second-order valence-corrected chi connectivity index (χ2v) is 4.43. The summed E-state index contributed by atoms with van der Waals surface area (Å²) in [5, 5.41) is 3.91. The summed E-state index contributed by atoms with van der Waals surface area (Å²) in [6.45, 7) is 0.569. The molecule has 16 heavy (non-hydrogen) atoms. The van der Waals surface area contributed by atoms with E-state index in [0.29, 0.717) is 11.6 Å². The first-order chi connectivity index (χ1) is 7.75. The maximum atomic E-state index is 5.91. The van der Waals surface area contributed by atoms with Gasteiger partial charge in [0.15, 0.2) is 0 Å². The van der Waals surface area contributed by atoms with Crippen LogP contribution in [-0.4, -0.2) is 9.97 Å². The summed E-state index contributed by atoms with van der Waals surface area (Å²) in [6.07, 6.45) is 3.44. The molecule has 0 saturated heterocycles. The summed E-state index contributed by atoms with van der Waals surface area (Å²) in [6, 6.07) is 7.37. The molecule has 0 unspecified atom stereocenters. The summed E-state index contributed by atoms with van der Waals surface area (Å²) >= 11 is 9.35. The second kappa shape index (κ2) is 5.27. The Labute approximate surface area is 107 Å². The number of anilines is 1. The number of aromatic nitrogens is 2. The fraction of sp³-hybridized carbons (Fsp3) is 0.0909. The highest BCUT2D eigenvalue weighted by Gasteiger charge is 2.01. The van der Waals surface area contributed by atoms with Crippen LogP contribution in [0.5, 0.6) is 0 Å². The number of hydrogen-bond acceptors (Lipinski definition) is 3. The first-order valence-electron chi connectivity index (χ1n) is 4.70. The molecule has 1 aromatic heterocycles. The lowest BCUT2D eigenvalue weighted by Crippen LogP contribution is -2.03. The molecule has 0 fully saturated rings. The molecule has 1 N–H and O–H groups in total. The van der Waals surface area contributed by atoms with E-state index in [2.05, 4.69) is 31.2 Å².